The summed E-state index contributed by atoms with van der Waals surface area (Å²) in [6.45, 7) is 5.81. The van der Waals surface area contributed by atoms with Gasteiger partial charge in [0, 0.05) is 29.9 Å². The third-order valence-electron chi connectivity index (χ3n) is 5.41. The molecule has 0 aliphatic rings. The number of nitrogens with one attached hydrogen (secondary N) is 1. The highest BCUT2D eigenvalue weighted by molar-refractivity contribution is 6.04. The number of carbonyl (C=O) groups excluding carboxylic acids is 2. The Balaban J connectivity index is 1.40. The number of hydrogen-bond acceptors (Lipinski definition) is 4. The molecule has 0 unspecified atom stereocenters. The number of anilines is 1. The zero-order valence-electron chi connectivity index (χ0n) is 18.2. The first-order valence-corrected chi connectivity index (χ1v) is 10.7. The van der Waals surface area contributed by atoms with Crippen LogP contribution in [0.25, 0.3) is 11.0 Å². The number of carbonyl (C=O) groups is 2. The Bertz CT molecular complexity index is 1230. The first-order valence-electron chi connectivity index (χ1n) is 10.7. The summed E-state index contributed by atoms with van der Waals surface area (Å²) in [5, 5.41) is 11.3. The van der Waals surface area contributed by atoms with Crippen LogP contribution in [0.4, 0.5) is 5.69 Å². The van der Waals surface area contributed by atoms with Crippen LogP contribution in [-0.4, -0.2) is 44.8 Å². The Kier molecular flexibility index (Phi) is 6.26. The van der Waals surface area contributed by atoms with E-state index in [9.17, 15) is 9.59 Å². The summed E-state index contributed by atoms with van der Waals surface area (Å²) in [6, 6.07) is 22.2. The third-order valence-corrected chi connectivity index (χ3v) is 5.41. The fraction of sp³-hybridized carbons (Fsp3) is 0.200. The van der Waals surface area contributed by atoms with Crippen molar-refractivity contribution in [3.05, 3.63) is 89.5 Å². The average Bonchev–Trinajstić information content (AvgIpc) is 3.23. The Morgan fingerprint density at radius 3 is 2.22 bits per heavy atom. The summed E-state index contributed by atoms with van der Waals surface area (Å²) < 4.78 is 1.84. The van der Waals surface area contributed by atoms with Crippen LogP contribution in [0.2, 0.25) is 0 Å². The Labute approximate surface area is 186 Å². The maximum atomic E-state index is 12.6. The van der Waals surface area contributed by atoms with Crippen LogP contribution in [0.1, 0.15) is 40.1 Å². The molecule has 1 N–H and O–H groups in total. The van der Waals surface area contributed by atoms with Crippen LogP contribution in [-0.2, 0) is 6.54 Å². The van der Waals surface area contributed by atoms with Gasteiger partial charge in [0.05, 0.1) is 12.1 Å². The molecule has 7 nitrogen and oxygen atoms in total. The zero-order valence-corrected chi connectivity index (χ0v) is 18.2. The van der Waals surface area contributed by atoms with E-state index in [0.717, 1.165) is 16.6 Å². The number of nitrogens with zero attached hydrogens (tertiary/aromatic N) is 4. The molecule has 0 bridgehead atoms. The summed E-state index contributed by atoms with van der Waals surface area (Å²) in [5.41, 5.74) is 4.66. The molecule has 2 amide bonds. The van der Waals surface area contributed by atoms with Crippen molar-refractivity contribution in [1.82, 2.24) is 19.9 Å². The van der Waals surface area contributed by atoms with Gasteiger partial charge in [-0.3, -0.25) is 9.59 Å². The minimum absolute atomic E-state index is 0.0105. The lowest BCUT2D eigenvalue weighted by atomic mass is 10.1. The number of para-hydroxylation sites is 1. The molecule has 0 aliphatic carbocycles. The first-order chi connectivity index (χ1) is 15.6. The van der Waals surface area contributed by atoms with Gasteiger partial charge in [0.2, 0.25) is 0 Å². The molecule has 0 fully saturated rings. The highest BCUT2D eigenvalue weighted by atomic mass is 16.2. The van der Waals surface area contributed by atoms with Crippen molar-refractivity contribution in [1.29, 1.82) is 0 Å². The number of amides is 2. The van der Waals surface area contributed by atoms with Gasteiger partial charge in [-0.05, 0) is 67.9 Å². The summed E-state index contributed by atoms with van der Waals surface area (Å²) >= 11 is 0. The molecule has 3 aromatic carbocycles. The Morgan fingerprint density at radius 1 is 0.875 bits per heavy atom. The van der Waals surface area contributed by atoms with Gasteiger partial charge in [0.25, 0.3) is 11.8 Å². The van der Waals surface area contributed by atoms with E-state index in [2.05, 4.69) is 15.6 Å². The molecule has 32 heavy (non-hydrogen) atoms. The lowest BCUT2D eigenvalue weighted by molar-refractivity contribution is 0.0773. The van der Waals surface area contributed by atoms with Crippen molar-refractivity contribution in [2.24, 2.45) is 0 Å². The minimum atomic E-state index is -0.203. The lowest BCUT2D eigenvalue weighted by Crippen LogP contribution is -2.30. The fourth-order valence-corrected chi connectivity index (χ4v) is 3.56. The van der Waals surface area contributed by atoms with Gasteiger partial charge in [0.1, 0.15) is 5.52 Å². The highest BCUT2D eigenvalue weighted by Crippen LogP contribution is 2.15. The SMILES string of the molecule is CCN(CC)C(=O)c1ccc(NC(=O)c2ccc(Cn3nnc4ccccc43)cc2)cc1. The number of aromatic nitrogens is 3. The quantitative estimate of drug-likeness (QED) is 0.479. The molecule has 4 aromatic rings. The van der Waals surface area contributed by atoms with Gasteiger partial charge in [-0.25, -0.2) is 4.68 Å². The zero-order chi connectivity index (χ0) is 22.5. The standard InChI is InChI=1S/C25H25N5O2/c1-3-29(4-2)25(32)20-13-15-21(16-14-20)26-24(31)19-11-9-18(10-12-19)17-30-23-8-6-5-7-22(23)27-28-30/h5-16H,3-4,17H2,1-2H3,(H,26,31). The number of hydrogen-bond donors (Lipinski definition) is 1. The molecule has 0 saturated heterocycles. The molecule has 7 heteroatoms. The van der Waals surface area contributed by atoms with Crippen LogP contribution < -0.4 is 5.32 Å². The van der Waals surface area contributed by atoms with E-state index in [1.807, 2.05) is 54.9 Å². The van der Waals surface area contributed by atoms with E-state index < -0.39 is 0 Å². The van der Waals surface area contributed by atoms with Gasteiger partial charge in [0.15, 0.2) is 0 Å². The molecule has 0 saturated carbocycles. The van der Waals surface area contributed by atoms with Crippen LogP contribution >= 0.6 is 0 Å². The highest BCUT2D eigenvalue weighted by Gasteiger charge is 2.13. The van der Waals surface area contributed by atoms with Crippen LogP contribution in [0.15, 0.2) is 72.8 Å². The van der Waals surface area contributed by atoms with Crippen molar-refractivity contribution < 1.29 is 9.59 Å². The molecule has 0 atom stereocenters. The minimum Gasteiger partial charge on any atom is -0.339 e. The van der Waals surface area contributed by atoms with Crippen LogP contribution in [0.3, 0.4) is 0 Å². The molecule has 1 aromatic heterocycles. The predicted octanol–water partition coefficient (Wildman–Crippen LogP) is 4.21. The van der Waals surface area contributed by atoms with Crippen LogP contribution in [0, 0.1) is 0 Å². The average molecular weight is 428 g/mol. The summed E-state index contributed by atoms with van der Waals surface area (Å²) in [5.74, 6) is -0.214. The molecule has 1 heterocycles. The van der Waals surface area contributed by atoms with Crippen molar-refractivity contribution >= 4 is 28.5 Å². The molecule has 0 aliphatic heterocycles. The molecular formula is C25H25N5O2. The van der Waals surface area contributed by atoms with E-state index in [4.69, 9.17) is 0 Å². The van der Waals surface area contributed by atoms with Gasteiger partial charge < -0.3 is 10.2 Å². The number of fused-ring (bicyclic) bond motifs is 1. The normalized spacial score (nSPS) is 10.8. The Hall–Kier alpha value is -4.00. The van der Waals surface area contributed by atoms with Gasteiger partial charge >= 0.3 is 0 Å². The van der Waals surface area contributed by atoms with Crippen molar-refractivity contribution in [2.75, 3.05) is 18.4 Å². The van der Waals surface area contributed by atoms with Crippen molar-refractivity contribution in [3.63, 3.8) is 0 Å². The topological polar surface area (TPSA) is 80.1 Å². The molecule has 4 rings (SSSR count). The van der Waals surface area contributed by atoms with E-state index in [1.54, 1.807) is 41.3 Å². The summed E-state index contributed by atoms with van der Waals surface area (Å²) in [4.78, 5) is 26.8. The van der Waals surface area contributed by atoms with Gasteiger partial charge in [-0.2, -0.15) is 0 Å². The Morgan fingerprint density at radius 2 is 1.53 bits per heavy atom. The van der Waals surface area contributed by atoms with Gasteiger partial charge in [-0.1, -0.05) is 29.5 Å². The van der Waals surface area contributed by atoms with Crippen molar-refractivity contribution in [2.45, 2.75) is 20.4 Å². The maximum absolute atomic E-state index is 12.6. The third kappa shape index (κ3) is 4.51. The van der Waals surface area contributed by atoms with E-state index >= 15 is 0 Å². The fourth-order valence-electron chi connectivity index (χ4n) is 3.56. The van der Waals surface area contributed by atoms with Gasteiger partial charge in [-0.15, -0.1) is 5.10 Å². The summed E-state index contributed by atoms with van der Waals surface area (Å²) in [7, 11) is 0. The second-order valence-corrected chi connectivity index (χ2v) is 7.44. The van der Waals surface area contributed by atoms with Crippen LogP contribution in [0.5, 0.6) is 0 Å². The molecule has 0 radical (unpaired) electrons. The largest absolute Gasteiger partial charge is 0.339 e. The van der Waals surface area contributed by atoms with Crippen molar-refractivity contribution in [3.8, 4) is 0 Å². The molecule has 0 spiro atoms. The second-order valence-electron chi connectivity index (χ2n) is 7.44. The number of benzene rings is 3. The monoisotopic (exact) mass is 427 g/mol. The van der Waals surface area contributed by atoms with E-state index in [1.165, 1.54) is 0 Å². The molecule has 162 valence electrons. The van der Waals surface area contributed by atoms with E-state index in [0.29, 0.717) is 36.4 Å². The lowest BCUT2D eigenvalue weighted by Gasteiger charge is -2.18. The smallest absolute Gasteiger partial charge is 0.255 e. The molecular weight excluding hydrogens is 402 g/mol. The summed E-state index contributed by atoms with van der Waals surface area (Å²) in [6.07, 6.45) is 0. The predicted molar refractivity (Wildman–Crippen MR) is 125 cm³/mol. The number of rotatable bonds is 7. The second kappa shape index (κ2) is 9.43. The van der Waals surface area contributed by atoms with E-state index in [-0.39, 0.29) is 11.8 Å². The first kappa shape index (κ1) is 21.2. The maximum Gasteiger partial charge on any atom is 0.255 e.